The lowest BCUT2D eigenvalue weighted by molar-refractivity contribution is -0.177. The largest absolute Gasteiger partial charge is 0.481 e. The summed E-state index contributed by atoms with van der Waals surface area (Å²) >= 11 is 0. The molecule has 0 heterocycles. The predicted molar refractivity (Wildman–Crippen MR) is 105 cm³/mol. The van der Waals surface area contributed by atoms with Gasteiger partial charge in [-0.25, -0.2) is 0 Å². The molecule has 0 saturated carbocycles. The molecule has 150 valence electrons. The number of unbranched alkanes of at least 4 members (excludes halogenated alkanes) is 8. The minimum absolute atomic E-state index is 0.345. The van der Waals surface area contributed by atoms with Crippen molar-refractivity contribution in [1.29, 1.82) is 0 Å². The van der Waals surface area contributed by atoms with E-state index < -0.39 is 22.8 Å². The van der Waals surface area contributed by atoms with Gasteiger partial charge in [-0.1, -0.05) is 90.2 Å². The molecule has 0 fully saturated rings. The minimum atomic E-state index is -1.16. The molecule has 2 unspecified atom stereocenters. The lowest BCUT2D eigenvalue weighted by atomic mass is 9.54. The smallest absolute Gasteiger partial charge is 0.311 e. The van der Waals surface area contributed by atoms with Crippen molar-refractivity contribution in [1.82, 2.24) is 0 Å². The molecule has 0 bridgehead atoms. The second kappa shape index (κ2) is 11.4. The van der Waals surface area contributed by atoms with E-state index in [0.717, 1.165) is 64.2 Å². The van der Waals surface area contributed by atoms with E-state index in [1.165, 1.54) is 0 Å². The van der Waals surface area contributed by atoms with E-state index in [1.807, 2.05) is 12.2 Å². The van der Waals surface area contributed by atoms with Gasteiger partial charge in [0.1, 0.15) is 0 Å². The zero-order valence-electron chi connectivity index (χ0n) is 16.8. The Kier molecular flexibility index (Phi) is 9.97. The van der Waals surface area contributed by atoms with Gasteiger partial charge in [0.25, 0.3) is 0 Å². The van der Waals surface area contributed by atoms with Gasteiger partial charge in [-0.05, 0) is 25.7 Å². The maximum absolute atomic E-state index is 12.4. The van der Waals surface area contributed by atoms with Crippen LogP contribution in [-0.2, 0) is 9.59 Å². The number of hydrogen-bond acceptors (Lipinski definition) is 2. The highest BCUT2D eigenvalue weighted by atomic mass is 16.4. The Labute approximate surface area is 159 Å². The summed E-state index contributed by atoms with van der Waals surface area (Å²) in [5, 5.41) is 20.2. The number of carboxylic acids is 2. The van der Waals surface area contributed by atoms with Crippen molar-refractivity contribution >= 4 is 11.9 Å². The third-order valence-electron chi connectivity index (χ3n) is 6.25. The van der Waals surface area contributed by atoms with E-state index in [0.29, 0.717) is 25.7 Å². The summed E-state index contributed by atoms with van der Waals surface area (Å²) in [5.74, 6) is -1.85. The molecule has 0 aromatic heterocycles. The van der Waals surface area contributed by atoms with Gasteiger partial charge < -0.3 is 10.2 Å². The van der Waals surface area contributed by atoms with E-state index in [4.69, 9.17) is 0 Å². The van der Waals surface area contributed by atoms with Crippen LogP contribution in [0.15, 0.2) is 12.2 Å². The average molecular weight is 367 g/mol. The van der Waals surface area contributed by atoms with Crippen LogP contribution >= 0.6 is 0 Å². The quantitative estimate of drug-likeness (QED) is 0.283. The van der Waals surface area contributed by atoms with Crippen LogP contribution in [-0.4, -0.2) is 22.2 Å². The first-order valence-electron chi connectivity index (χ1n) is 10.6. The molecule has 0 aromatic rings. The second-order valence-electron chi connectivity index (χ2n) is 7.98. The fourth-order valence-electron chi connectivity index (χ4n) is 4.50. The first-order valence-corrected chi connectivity index (χ1v) is 10.6. The summed E-state index contributed by atoms with van der Waals surface area (Å²) in [6.07, 6.45) is 15.8. The van der Waals surface area contributed by atoms with E-state index >= 15 is 0 Å². The molecule has 1 aliphatic carbocycles. The Morgan fingerprint density at radius 2 is 1.04 bits per heavy atom. The Hall–Kier alpha value is -1.32. The maximum atomic E-state index is 12.4. The molecule has 0 radical (unpaired) electrons. The van der Waals surface area contributed by atoms with Crippen LogP contribution in [0.1, 0.15) is 104 Å². The summed E-state index contributed by atoms with van der Waals surface area (Å²) in [5.41, 5.74) is -2.32. The number of carbonyl (C=O) groups is 2. The molecule has 1 aliphatic rings. The van der Waals surface area contributed by atoms with Gasteiger partial charge in [0.15, 0.2) is 0 Å². The average Bonchev–Trinajstić information content (AvgIpc) is 2.62. The molecule has 0 aromatic carbocycles. The lowest BCUT2D eigenvalue weighted by Gasteiger charge is -2.47. The van der Waals surface area contributed by atoms with E-state index in [1.54, 1.807) is 0 Å². The molecule has 4 nitrogen and oxygen atoms in total. The minimum Gasteiger partial charge on any atom is -0.481 e. The number of aliphatic carboxylic acids is 2. The molecule has 0 saturated heterocycles. The standard InChI is InChI=1S/C22H38O4/c1-3-5-7-9-11-15-21(19(23)24)17-13-14-18-22(21,20(25)26)16-12-10-8-6-4-2/h13-14H,3-12,15-18H2,1-2H3,(H,23,24)(H,25,26). The van der Waals surface area contributed by atoms with Gasteiger partial charge in [-0.3, -0.25) is 9.59 Å². The van der Waals surface area contributed by atoms with Crippen LogP contribution in [0, 0.1) is 10.8 Å². The third-order valence-corrected chi connectivity index (χ3v) is 6.25. The number of rotatable bonds is 14. The van der Waals surface area contributed by atoms with Crippen molar-refractivity contribution in [3.63, 3.8) is 0 Å². The van der Waals surface area contributed by atoms with Crippen molar-refractivity contribution in [2.45, 2.75) is 104 Å². The lowest BCUT2D eigenvalue weighted by Crippen LogP contribution is -2.53. The molecule has 0 spiro atoms. The van der Waals surface area contributed by atoms with Gasteiger partial charge in [-0.2, -0.15) is 0 Å². The Morgan fingerprint density at radius 1 is 0.692 bits per heavy atom. The van der Waals surface area contributed by atoms with Crippen LogP contribution in [0.5, 0.6) is 0 Å². The van der Waals surface area contributed by atoms with Crippen LogP contribution in [0.25, 0.3) is 0 Å². The summed E-state index contributed by atoms with van der Waals surface area (Å²) < 4.78 is 0. The highest BCUT2D eigenvalue weighted by Gasteiger charge is 2.60. The van der Waals surface area contributed by atoms with Crippen molar-refractivity contribution < 1.29 is 19.8 Å². The highest BCUT2D eigenvalue weighted by molar-refractivity contribution is 5.87. The molecule has 4 heteroatoms. The van der Waals surface area contributed by atoms with Crippen LogP contribution in [0.2, 0.25) is 0 Å². The monoisotopic (exact) mass is 366 g/mol. The molecule has 2 N–H and O–H groups in total. The number of allylic oxidation sites excluding steroid dienone is 2. The number of carboxylic acid groups (broad SMARTS) is 2. The van der Waals surface area contributed by atoms with Crippen LogP contribution in [0.3, 0.4) is 0 Å². The Bertz CT molecular complexity index is 429. The summed E-state index contributed by atoms with van der Waals surface area (Å²) in [7, 11) is 0. The normalized spacial score (nSPS) is 25.3. The van der Waals surface area contributed by atoms with Gasteiger partial charge >= 0.3 is 11.9 Å². The van der Waals surface area contributed by atoms with Crippen LogP contribution < -0.4 is 0 Å². The van der Waals surface area contributed by atoms with Crippen molar-refractivity contribution in [2.75, 3.05) is 0 Å². The fourth-order valence-corrected chi connectivity index (χ4v) is 4.50. The third kappa shape index (κ3) is 5.34. The molecular weight excluding hydrogens is 328 g/mol. The summed E-state index contributed by atoms with van der Waals surface area (Å²) in [6, 6.07) is 0. The number of hydrogen-bond donors (Lipinski definition) is 2. The Balaban J connectivity index is 2.94. The second-order valence-corrected chi connectivity index (χ2v) is 7.98. The molecule has 26 heavy (non-hydrogen) atoms. The van der Waals surface area contributed by atoms with Crippen molar-refractivity contribution in [2.24, 2.45) is 10.8 Å². The highest BCUT2D eigenvalue weighted by Crippen LogP contribution is 2.55. The molecule has 1 rings (SSSR count). The van der Waals surface area contributed by atoms with Crippen molar-refractivity contribution in [3.05, 3.63) is 12.2 Å². The summed E-state index contributed by atoms with van der Waals surface area (Å²) in [4.78, 5) is 24.7. The molecule has 0 aliphatic heterocycles. The van der Waals surface area contributed by atoms with Crippen LogP contribution in [0.4, 0.5) is 0 Å². The fraction of sp³-hybridized carbons (Fsp3) is 0.818. The molecule has 2 atom stereocenters. The SMILES string of the molecule is CCCCCCCC1(C(=O)O)CC=CCC1(CCCCCCC)C(=O)O. The summed E-state index contributed by atoms with van der Waals surface area (Å²) in [6.45, 7) is 4.30. The van der Waals surface area contributed by atoms with E-state index in [2.05, 4.69) is 13.8 Å². The maximum Gasteiger partial charge on any atom is 0.311 e. The van der Waals surface area contributed by atoms with Gasteiger partial charge in [-0.15, -0.1) is 0 Å². The topological polar surface area (TPSA) is 74.6 Å². The zero-order chi connectivity index (χ0) is 19.5. The zero-order valence-corrected chi connectivity index (χ0v) is 16.8. The first-order chi connectivity index (χ1) is 12.5. The van der Waals surface area contributed by atoms with Gasteiger partial charge in [0.05, 0.1) is 10.8 Å². The van der Waals surface area contributed by atoms with E-state index in [9.17, 15) is 19.8 Å². The first kappa shape index (κ1) is 22.7. The van der Waals surface area contributed by atoms with Gasteiger partial charge in [0.2, 0.25) is 0 Å². The molecular formula is C22H38O4. The predicted octanol–water partition coefficient (Wildman–Crippen LogP) is 6.20. The molecule has 0 amide bonds. The van der Waals surface area contributed by atoms with E-state index in [-0.39, 0.29) is 0 Å². The Morgan fingerprint density at radius 3 is 1.35 bits per heavy atom. The van der Waals surface area contributed by atoms with Crippen molar-refractivity contribution in [3.8, 4) is 0 Å². The van der Waals surface area contributed by atoms with Gasteiger partial charge in [0, 0.05) is 0 Å².